The van der Waals surface area contributed by atoms with E-state index >= 15 is 0 Å². The zero-order valence-electron chi connectivity index (χ0n) is 13.7. The van der Waals surface area contributed by atoms with E-state index in [9.17, 15) is 9.59 Å². The lowest BCUT2D eigenvalue weighted by molar-refractivity contribution is -0.115. The third-order valence-electron chi connectivity index (χ3n) is 3.76. The minimum Gasteiger partial charge on any atom is -0.291 e. The second-order valence-electron chi connectivity index (χ2n) is 5.61. The Bertz CT molecular complexity index is 1110. The molecule has 4 rings (SSSR count). The van der Waals surface area contributed by atoms with Crippen molar-refractivity contribution in [3.05, 3.63) is 63.7 Å². The van der Waals surface area contributed by atoms with E-state index in [-0.39, 0.29) is 19.0 Å². The van der Waals surface area contributed by atoms with Crippen LogP contribution in [0.25, 0.3) is 17.1 Å². The number of aromatic nitrogens is 2. The molecule has 0 aromatic carbocycles. The van der Waals surface area contributed by atoms with Crippen LogP contribution in [0, 0.1) is 6.92 Å². The summed E-state index contributed by atoms with van der Waals surface area (Å²) in [4.78, 5) is 37.7. The molecule has 7 nitrogen and oxygen atoms in total. The Kier molecular flexibility index (Phi) is 4.02. The zero-order chi connectivity index (χ0) is 18.1. The molecule has 3 aromatic rings. The first-order chi connectivity index (χ1) is 12.6. The molecular weight excluding hydrogens is 350 g/mol. The van der Waals surface area contributed by atoms with E-state index in [4.69, 9.17) is 0 Å². The van der Waals surface area contributed by atoms with Crippen LogP contribution in [-0.2, 0) is 4.79 Å². The van der Waals surface area contributed by atoms with E-state index in [0.29, 0.717) is 10.6 Å². The third-order valence-corrected chi connectivity index (χ3v) is 4.77. The van der Waals surface area contributed by atoms with Crippen molar-refractivity contribution in [3.63, 3.8) is 0 Å². The number of rotatable bonds is 2. The SMILES string of the molecule is Cc1ccsc1C(=O)NC1=N/C(=C\c2ccc3ncccc3n2)C(=O)N1.[HH]. The summed E-state index contributed by atoms with van der Waals surface area (Å²) in [5, 5.41) is 7.00. The van der Waals surface area contributed by atoms with Gasteiger partial charge in [-0.2, -0.15) is 0 Å². The molecule has 2 amide bonds. The van der Waals surface area contributed by atoms with E-state index in [1.807, 2.05) is 30.5 Å². The number of aliphatic imine (C=N–C) groups is 1. The molecule has 8 heteroatoms. The molecule has 3 aromatic heterocycles. The topological polar surface area (TPSA) is 96.3 Å². The second-order valence-corrected chi connectivity index (χ2v) is 6.52. The van der Waals surface area contributed by atoms with Crippen molar-refractivity contribution < 1.29 is 11.0 Å². The van der Waals surface area contributed by atoms with Crippen LogP contribution in [0.5, 0.6) is 0 Å². The number of carbonyl (C=O) groups excluding carboxylic acids is 2. The number of aryl methyl sites for hydroxylation is 1. The van der Waals surface area contributed by atoms with Crippen LogP contribution in [0.2, 0.25) is 0 Å². The molecule has 0 aliphatic carbocycles. The zero-order valence-corrected chi connectivity index (χ0v) is 14.5. The third kappa shape index (κ3) is 3.09. The van der Waals surface area contributed by atoms with Crippen molar-refractivity contribution in [2.75, 3.05) is 0 Å². The Labute approximate surface area is 154 Å². The van der Waals surface area contributed by atoms with E-state index < -0.39 is 5.91 Å². The molecule has 0 fully saturated rings. The van der Waals surface area contributed by atoms with Gasteiger partial charge in [0.2, 0.25) is 5.96 Å². The van der Waals surface area contributed by atoms with Crippen molar-refractivity contribution in [1.29, 1.82) is 0 Å². The number of amides is 2. The summed E-state index contributed by atoms with van der Waals surface area (Å²) in [5.41, 5.74) is 3.14. The fourth-order valence-corrected chi connectivity index (χ4v) is 3.31. The highest BCUT2D eigenvalue weighted by Crippen LogP contribution is 2.16. The summed E-state index contributed by atoms with van der Waals surface area (Å²) in [5.74, 6) is -0.578. The van der Waals surface area contributed by atoms with Crippen LogP contribution in [0.3, 0.4) is 0 Å². The number of hydrogen-bond donors (Lipinski definition) is 2. The maximum absolute atomic E-state index is 12.2. The van der Waals surface area contributed by atoms with Gasteiger partial charge >= 0.3 is 0 Å². The van der Waals surface area contributed by atoms with Crippen molar-refractivity contribution in [1.82, 2.24) is 20.6 Å². The lowest BCUT2D eigenvalue weighted by Gasteiger charge is -2.02. The molecule has 2 N–H and O–H groups in total. The fourth-order valence-electron chi connectivity index (χ4n) is 2.49. The van der Waals surface area contributed by atoms with Crippen LogP contribution in [0.15, 0.2) is 52.6 Å². The number of fused-ring (bicyclic) bond motifs is 1. The van der Waals surface area contributed by atoms with Gasteiger partial charge in [0.25, 0.3) is 11.8 Å². The van der Waals surface area contributed by atoms with Gasteiger partial charge in [0, 0.05) is 7.62 Å². The van der Waals surface area contributed by atoms with Crippen LogP contribution in [0.4, 0.5) is 0 Å². The van der Waals surface area contributed by atoms with Gasteiger partial charge in [-0.1, -0.05) is 0 Å². The van der Waals surface area contributed by atoms with Gasteiger partial charge in [-0.05, 0) is 54.3 Å². The van der Waals surface area contributed by atoms with Crippen molar-refractivity contribution in [2.45, 2.75) is 6.92 Å². The Morgan fingerprint density at radius 3 is 2.96 bits per heavy atom. The minimum absolute atomic E-state index is 0. The summed E-state index contributed by atoms with van der Waals surface area (Å²) in [7, 11) is 0. The number of carbonyl (C=O) groups is 2. The molecular formula is C18H15N5O2S. The summed E-state index contributed by atoms with van der Waals surface area (Å²) in [6.45, 7) is 1.85. The molecule has 0 saturated carbocycles. The van der Waals surface area contributed by atoms with Gasteiger partial charge < -0.3 is 0 Å². The van der Waals surface area contributed by atoms with Gasteiger partial charge in [0.1, 0.15) is 5.70 Å². The van der Waals surface area contributed by atoms with Crippen LogP contribution < -0.4 is 10.6 Å². The Balaban J connectivity index is 0.00000210. The number of nitrogens with zero attached hydrogens (tertiary/aromatic N) is 3. The molecule has 0 bridgehead atoms. The molecule has 130 valence electrons. The van der Waals surface area contributed by atoms with Crippen molar-refractivity contribution in [2.24, 2.45) is 4.99 Å². The van der Waals surface area contributed by atoms with Crippen molar-refractivity contribution >= 4 is 46.2 Å². The number of hydrogen-bond acceptors (Lipinski definition) is 6. The first-order valence-corrected chi connectivity index (χ1v) is 8.67. The van der Waals surface area contributed by atoms with E-state index in [0.717, 1.165) is 16.6 Å². The van der Waals surface area contributed by atoms with Gasteiger partial charge in [0.05, 0.1) is 21.6 Å². The quantitative estimate of drug-likeness (QED) is 0.682. The van der Waals surface area contributed by atoms with E-state index in [1.165, 1.54) is 11.3 Å². The first kappa shape index (κ1) is 16.1. The van der Waals surface area contributed by atoms with Crippen LogP contribution >= 0.6 is 11.3 Å². The van der Waals surface area contributed by atoms with Crippen LogP contribution in [0.1, 0.15) is 22.4 Å². The predicted octanol–water partition coefficient (Wildman–Crippen LogP) is 2.50. The average molecular weight is 365 g/mol. The predicted molar refractivity (Wildman–Crippen MR) is 102 cm³/mol. The molecule has 0 saturated heterocycles. The molecule has 0 unspecified atom stereocenters. The lowest BCUT2D eigenvalue weighted by Crippen LogP contribution is -2.39. The molecule has 1 aliphatic heterocycles. The monoisotopic (exact) mass is 365 g/mol. The number of guanidine groups is 1. The van der Waals surface area contributed by atoms with Gasteiger partial charge in [-0.3, -0.25) is 25.2 Å². The first-order valence-electron chi connectivity index (χ1n) is 7.79. The molecule has 0 atom stereocenters. The smallest absolute Gasteiger partial charge is 0.276 e. The highest BCUT2D eigenvalue weighted by molar-refractivity contribution is 7.12. The number of nitrogens with one attached hydrogen (secondary N) is 2. The maximum Gasteiger partial charge on any atom is 0.276 e. The lowest BCUT2D eigenvalue weighted by atomic mass is 10.2. The number of thiophene rings is 1. The fraction of sp³-hybridized carbons (Fsp3) is 0.0556. The highest BCUT2D eigenvalue weighted by Gasteiger charge is 2.23. The van der Waals surface area contributed by atoms with Gasteiger partial charge in [0.15, 0.2) is 0 Å². The summed E-state index contributed by atoms with van der Waals surface area (Å²) < 4.78 is 0. The summed E-state index contributed by atoms with van der Waals surface area (Å²) >= 11 is 1.34. The van der Waals surface area contributed by atoms with Crippen molar-refractivity contribution in [3.8, 4) is 0 Å². The van der Waals surface area contributed by atoms with Gasteiger partial charge in [-0.15, -0.1) is 11.3 Å². The Morgan fingerprint density at radius 1 is 1.27 bits per heavy atom. The standard InChI is InChI=1S/C18H13N5O2S.H2/c1-10-6-8-26-15(10)17(25)23-18-21-14(16(24)22-18)9-11-4-5-12-13(20-11)3-2-7-19-12;/h2-9H,1H3,(H2,21,22,23,24,25);1H/b14-9-;. The highest BCUT2D eigenvalue weighted by atomic mass is 32.1. The second kappa shape index (κ2) is 6.49. The molecule has 1 aliphatic rings. The summed E-state index contributed by atoms with van der Waals surface area (Å²) in [6, 6.07) is 9.09. The Morgan fingerprint density at radius 2 is 2.15 bits per heavy atom. The molecule has 4 heterocycles. The van der Waals surface area contributed by atoms with E-state index in [1.54, 1.807) is 24.4 Å². The number of pyridine rings is 2. The molecule has 0 spiro atoms. The Hall–Kier alpha value is -3.39. The average Bonchev–Trinajstić information content (AvgIpc) is 3.20. The minimum atomic E-state index is -0.392. The summed E-state index contributed by atoms with van der Waals surface area (Å²) in [6.07, 6.45) is 3.26. The van der Waals surface area contributed by atoms with E-state index in [2.05, 4.69) is 25.6 Å². The molecule has 0 radical (unpaired) electrons. The molecule has 26 heavy (non-hydrogen) atoms. The normalized spacial score (nSPS) is 15.2. The van der Waals surface area contributed by atoms with Crippen LogP contribution in [-0.4, -0.2) is 27.7 Å². The largest absolute Gasteiger partial charge is 0.291 e. The maximum atomic E-state index is 12.2. The van der Waals surface area contributed by atoms with Gasteiger partial charge in [-0.25, -0.2) is 9.98 Å².